The van der Waals surface area contributed by atoms with Gasteiger partial charge in [-0.25, -0.2) is 0 Å². The molecule has 1 aromatic carbocycles. The molecule has 2 unspecified atom stereocenters. The molecule has 1 aromatic rings. The van der Waals surface area contributed by atoms with Crippen molar-refractivity contribution in [3.05, 3.63) is 35.9 Å². The molecule has 1 heterocycles. The minimum Gasteiger partial charge on any atom is -0.381 e. The van der Waals surface area contributed by atoms with E-state index < -0.39 is 18.2 Å². The Morgan fingerprint density at radius 2 is 1.79 bits per heavy atom. The lowest BCUT2D eigenvalue weighted by Gasteiger charge is -2.31. The first-order valence-corrected chi connectivity index (χ1v) is 10.1. The summed E-state index contributed by atoms with van der Waals surface area (Å²) in [5.74, 6) is -0.547. The highest BCUT2D eigenvalue weighted by Crippen LogP contribution is 2.23. The average molecular weight is 410 g/mol. The standard InChI is InChI=1S/C21H31N3O3.ClH/c22-17(14-15-8-3-1-4-9-15)21(27)24-13-7-12-18(24)19(25)20(26)23-16-10-5-2-6-11-16;/h1,3-4,8-9,16-19,25H,2,5-7,10-14,22H2,(H,23,26);1H/t17-,18?,19?;/m0./s1. The van der Waals surface area contributed by atoms with Gasteiger partial charge in [-0.2, -0.15) is 0 Å². The molecule has 4 N–H and O–H groups in total. The number of carbonyl (C=O) groups is 2. The lowest BCUT2D eigenvalue weighted by Crippen LogP contribution is -2.55. The van der Waals surface area contributed by atoms with Crippen LogP contribution < -0.4 is 11.1 Å². The van der Waals surface area contributed by atoms with E-state index in [1.807, 2.05) is 30.3 Å². The Bertz CT molecular complexity index is 637. The molecule has 0 aromatic heterocycles. The lowest BCUT2D eigenvalue weighted by molar-refractivity contribution is -0.140. The number of nitrogens with zero attached hydrogens (tertiary/aromatic N) is 1. The number of benzene rings is 1. The summed E-state index contributed by atoms with van der Waals surface area (Å²) in [4.78, 5) is 26.9. The van der Waals surface area contributed by atoms with Gasteiger partial charge in [0.25, 0.3) is 5.91 Å². The van der Waals surface area contributed by atoms with E-state index in [2.05, 4.69) is 5.32 Å². The number of carbonyl (C=O) groups excluding carboxylic acids is 2. The van der Waals surface area contributed by atoms with E-state index in [-0.39, 0.29) is 30.3 Å². The van der Waals surface area contributed by atoms with Crippen LogP contribution in [-0.4, -0.2) is 52.6 Å². The Balaban J connectivity index is 0.00000280. The third kappa shape index (κ3) is 5.69. The third-order valence-corrected chi connectivity index (χ3v) is 5.78. The molecule has 2 aliphatic rings. The molecule has 6 nitrogen and oxygen atoms in total. The Morgan fingerprint density at radius 1 is 1.11 bits per heavy atom. The molecule has 0 spiro atoms. The van der Waals surface area contributed by atoms with Gasteiger partial charge in [0.2, 0.25) is 5.91 Å². The second-order valence-corrected chi connectivity index (χ2v) is 7.83. The van der Waals surface area contributed by atoms with E-state index in [1.54, 1.807) is 4.90 Å². The molecule has 0 radical (unpaired) electrons. The van der Waals surface area contributed by atoms with Crippen molar-refractivity contribution in [1.29, 1.82) is 0 Å². The zero-order valence-electron chi connectivity index (χ0n) is 16.3. The number of hydrogen-bond acceptors (Lipinski definition) is 4. The van der Waals surface area contributed by atoms with Gasteiger partial charge >= 0.3 is 0 Å². The van der Waals surface area contributed by atoms with Gasteiger partial charge in [-0.1, -0.05) is 49.6 Å². The summed E-state index contributed by atoms with van der Waals surface area (Å²) in [5, 5.41) is 13.6. The molecule has 3 rings (SSSR count). The molecule has 2 fully saturated rings. The molecule has 0 bridgehead atoms. The molecule has 28 heavy (non-hydrogen) atoms. The first kappa shape index (κ1) is 22.7. The largest absolute Gasteiger partial charge is 0.381 e. The predicted molar refractivity (Wildman–Crippen MR) is 111 cm³/mol. The van der Waals surface area contributed by atoms with Crippen LogP contribution in [0.3, 0.4) is 0 Å². The highest BCUT2D eigenvalue weighted by atomic mass is 35.5. The number of likely N-dealkylation sites (tertiary alicyclic amines) is 1. The van der Waals surface area contributed by atoms with Crippen LogP contribution in [0.25, 0.3) is 0 Å². The van der Waals surface area contributed by atoms with Gasteiger partial charge in [0.15, 0.2) is 6.10 Å². The maximum atomic E-state index is 12.8. The molecule has 3 atom stereocenters. The normalized spacial score (nSPS) is 22.2. The number of rotatable bonds is 6. The van der Waals surface area contributed by atoms with Crippen molar-refractivity contribution in [2.24, 2.45) is 5.73 Å². The van der Waals surface area contributed by atoms with E-state index in [0.717, 1.165) is 37.7 Å². The average Bonchev–Trinajstić information content (AvgIpc) is 3.18. The summed E-state index contributed by atoms with van der Waals surface area (Å²) in [6.07, 6.45) is 6.04. The molecular formula is C21H32ClN3O3. The third-order valence-electron chi connectivity index (χ3n) is 5.78. The minimum atomic E-state index is -1.19. The quantitative estimate of drug-likeness (QED) is 0.667. The number of nitrogens with two attached hydrogens (primary N) is 1. The van der Waals surface area contributed by atoms with Crippen molar-refractivity contribution in [3.8, 4) is 0 Å². The maximum absolute atomic E-state index is 12.8. The van der Waals surface area contributed by atoms with E-state index in [4.69, 9.17) is 5.73 Å². The van der Waals surface area contributed by atoms with E-state index in [1.165, 1.54) is 6.42 Å². The fraction of sp³-hybridized carbons (Fsp3) is 0.619. The number of amides is 2. The minimum absolute atomic E-state index is 0. The number of aliphatic hydroxyl groups excluding tert-OH is 1. The van der Waals surface area contributed by atoms with Crippen LogP contribution >= 0.6 is 12.4 Å². The SMILES string of the molecule is Cl.N[C@@H](Cc1ccccc1)C(=O)N1CCCC1C(O)C(=O)NC1CCCCC1. The zero-order valence-corrected chi connectivity index (χ0v) is 17.1. The topological polar surface area (TPSA) is 95.7 Å². The number of halogens is 1. The fourth-order valence-electron chi connectivity index (χ4n) is 4.27. The Kier molecular flexibility index (Phi) is 8.73. The Morgan fingerprint density at radius 3 is 2.46 bits per heavy atom. The fourth-order valence-corrected chi connectivity index (χ4v) is 4.27. The molecular weight excluding hydrogens is 378 g/mol. The Labute approximate surface area is 173 Å². The first-order valence-electron chi connectivity index (χ1n) is 10.1. The molecule has 7 heteroatoms. The summed E-state index contributed by atoms with van der Waals surface area (Å²) < 4.78 is 0. The Hall–Kier alpha value is -1.63. The van der Waals surface area contributed by atoms with E-state index in [0.29, 0.717) is 19.4 Å². The molecule has 1 aliphatic heterocycles. The first-order chi connectivity index (χ1) is 13.1. The number of nitrogens with one attached hydrogen (secondary N) is 1. The van der Waals surface area contributed by atoms with Crippen molar-refractivity contribution in [2.45, 2.75) is 75.6 Å². The highest BCUT2D eigenvalue weighted by Gasteiger charge is 2.39. The van der Waals surface area contributed by atoms with Crippen LogP contribution in [0.2, 0.25) is 0 Å². The molecule has 1 saturated heterocycles. The summed E-state index contributed by atoms with van der Waals surface area (Å²) in [6.45, 7) is 0.541. The van der Waals surface area contributed by atoms with Crippen molar-refractivity contribution in [2.75, 3.05) is 6.54 Å². The van der Waals surface area contributed by atoms with Crippen LogP contribution in [0.15, 0.2) is 30.3 Å². The number of aliphatic hydroxyl groups is 1. The van der Waals surface area contributed by atoms with Crippen molar-refractivity contribution in [3.63, 3.8) is 0 Å². The summed E-state index contributed by atoms with van der Waals surface area (Å²) in [7, 11) is 0. The summed E-state index contributed by atoms with van der Waals surface area (Å²) in [5.41, 5.74) is 7.15. The van der Waals surface area contributed by atoms with Crippen LogP contribution in [0.5, 0.6) is 0 Å². The van der Waals surface area contributed by atoms with Gasteiger partial charge < -0.3 is 21.1 Å². The lowest BCUT2D eigenvalue weighted by atomic mass is 9.95. The van der Waals surface area contributed by atoms with Crippen molar-refractivity contribution >= 4 is 24.2 Å². The predicted octanol–water partition coefficient (Wildman–Crippen LogP) is 1.78. The van der Waals surface area contributed by atoms with Crippen LogP contribution in [0.4, 0.5) is 0 Å². The zero-order chi connectivity index (χ0) is 19.2. The second-order valence-electron chi connectivity index (χ2n) is 7.83. The van der Waals surface area contributed by atoms with Crippen LogP contribution in [-0.2, 0) is 16.0 Å². The van der Waals surface area contributed by atoms with Gasteiger partial charge in [0.1, 0.15) is 0 Å². The summed E-state index contributed by atoms with van der Waals surface area (Å²) in [6, 6.07) is 8.66. The van der Waals surface area contributed by atoms with Gasteiger partial charge in [0, 0.05) is 12.6 Å². The van der Waals surface area contributed by atoms with Crippen LogP contribution in [0, 0.1) is 0 Å². The maximum Gasteiger partial charge on any atom is 0.251 e. The van der Waals surface area contributed by atoms with Gasteiger partial charge in [-0.15, -0.1) is 12.4 Å². The summed E-state index contributed by atoms with van der Waals surface area (Å²) >= 11 is 0. The smallest absolute Gasteiger partial charge is 0.251 e. The second kappa shape index (κ2) is 10.8. The number of hydrogen-bond donors (Lipinski definition) is 3. The van der Waals surface area contributed by atoms with Crippen molar-refractivity contribution < 1.29 is 14.7 Å². The highest BCUT2D eigenvalue weighted by molar-refractivity contribution is 5.86. The monoisotopic (exact) mass is 409 g/mol. The van der Waals surface area contributed by atoms with Gasteiger partial charge in [-0.05, 0) is 37.7 Å². The van der Waals surface area contributed by atoms with Crippen molar-refractivity contribution in [1.82, 2.24) is 10.2 Å². The van der Waals surface area contributed by atoms with E-state index >= 15 is 0 Å². The van der Waals surface area contributed by atoms with Crippen LogP contribution in [0.1, 0.15) is 50.5 Å². The van der Waals surface area contributed by atoms with E-state index in [9.17, 15) is 14.7 Å². The molecule has 1 aliphatic carbocycles. The van der Waals surface area contributed by atoms with Gasteiger partial charge in [-0.3, -0.25) is 9.59 Å². The van der Waals surface area contributed by atoms with Gasteiger partial charge in [0.05, 0.1) is 12.1 Å². The molecule has 2 amide bonds. The molecule has 156 valence electrons. The molecule has 1 saturated carbocycles.